The van der Waals surface area contributed by atoms with Crippen molar-refractivity contribution in [1.29, 1.82) is 0 Å². The molecule has 5 nitrogen and oxygen atoms in total. The molecule has 2 aromatic heterocycles. The van der Waals surface area contributed by atoms with Gasteiger partial charge in [0.05, 0.1) is 4.88 Å². The van der Waals surface area contributed by atoms with Gasteiger partial charge in [0.2, 0.25) is 17.6 Å². The molecule has 0 aliphatic rings. The fraction of sp³-hybridized carbons (Fsp3) is 0.235. The minimum absolute atomic E-state index is 0.0518. The Hall–Kier alpha value is -1.89. The number of rotatable bonds is 7. The average Bonchev–Trinajstić information content (AvgIpc) is 3.25. The van der Waals surface area contributed by atoms with E-state index in [1.165, 1.54) is 0 Å². The minimum atomic E-state index is -0.0518. The van der Waals surface area contributed by atoms with E-state index in [9.17, 15) is 4.79 Å². The molecule has 3 rings (SSSR count). The van der Waals surface area contributed by atoms with Gasteiger partial charge in [0.25, 0.3) is 0 Å². The standard InChI is InChI=1S/C17H15Cl2N3O2S/c18-12-7-6-11(13(19)9-12)10-20-15(23)4-1-5-16-21-17(22-24-16)14-3-2-8-25-14/h2-3,6-9H,1,4-5,10H2,(H,20,23). The summed E-state index contributed by atoms with van der Waals surface area (Å²) in [7, 11) is 0. The van der Waals surface area contributed by atoms with Crippen molar-refractivity contribution in [2.24, 2.45) is 0 Å². The normalized spacial score (nSPS) is 10.8. The molecular weight excluding hydrogens is 381 g/mol. The molecule has 0 radical (unpaired) electrons. The lowest BCUT2D eigenvalue weighted by molar-refractivity contribution is -0.121. The second-order valence-corrected chi connectivity index (χ2v) is 7.15. The number of thiophene rings is 1. The number of halogens is 2. The van der Waals surface area contributed by atoms with Crippen molar-refractivity contribution in [2.75, 3.05) is 0 Å². The zero-order chi connectivity index (χ0) is 17.6. The number of aryl methyl sites for hydroxylation is 1. The Morgan fingerprint density at radius 2 is 2.16 bits per heavy atom. The molecule has 0 saturated heterocycles. The van der Waals surface area contributed by atoms with Crippen molar-refractivity contribution in [3.05, 3.63) is 57.2 Å². The van der Waals surface area contributed by atoms with Crippen LogP contribution in [0.2, 0.25) is 10.0 Å². The lowest BCUT2D eigenvalue weighted by Crippen LogP contribution is -2.22. The van der Waals surface area contributed by atoms with Crippen molar-refractivity contribution in [3.63, 3.8) is 0 Å². The lowest BCUT2D eigenvalue weighted by Gasteiger charge is -2.07. The number of nitrogens with zero attached hydrogens (tertiary/aromatic N) is 2. The molecule has 2 heterocycles. The summed E-state index contributed by atoms with van der Waals surface area (Å²) in [4.78, 5) is 17.2. The van der Waals surface area contributed by atoms with E-state index < -0.39 is 0 Å². The molecule has 0 aliphatic heterocycles. The molecule has 1 aromatic carbocycles. The van der Waals surface area contributed by atoms with Crippen molar-refractivity contribution in [3.8, 4) is 10.7 Å². The van der Waals surface area contributed by atoms with Crippen molar-refractivity contribution < 1.29 is 9.32 Å². The van der Waals surface area contributed by atoms with Gasteiger partial charge in [-0.3, -0.25) is 4.79 Å². The number of amides is 1. The predicted molar refractivity (Wildman–Crippen MR) is 98.9 cm³/mol. The first-order valence-electron chi connectivity index (χ1n) is 7.69. The Morgan fingerprint density at radius 3 is 2.92 bits per heavy atom. The van der Waals surface area contributed by atoms with Crippen LogP contribution < -0.4 is 5.32 Å². The summed E-state index contributed by atoms with van der Waals surface area (Å²) in [5.41, 5.74) is 0.830. The third kappa shape index (κ3) is 5.04. The minimum Gasteiger partial charge on any atom is -0.352 e. The molecule has 130 valence electrons. The quantitative estimate of drug-likeness (QED) is 0.626. The summed E-state index contributed by atoms with van der Waals surface area (Å²) in [5.74, 6) is 1.08. The SMILES string of the molecule is O=C(CCCc1nc(-c2cccs2)no1)NCc1ccc(Cl)cc1Cl. The van der Waals surface area contributed by atoms with Crippen molar-refractivity contribution in [1.82, 2.24) is 15.5 Å². The van der Waals surface area contributed by atoms with Crippen LogP contribution in [0.5, 0.6) is 0 Å². The van der Waals surface area contributed by atoms with E-state index in [0.29, 0.717) is 47.6 Å². The van der Waals surface area contributed by atoms with Crippen molar-refractivity contribution in [2.45, 2.75) is 25.8 Å². The maximum atomic E-state index is 11.9. The maximum Gasteiger partial charge on any atom is 0.226 e. The number of benzene rings is 1. The van der Waals surface area contributed by atoms with Gasteiger partial charge in [-0.1, -0.05) is 40.5 Å². The van der Waals surface area contributed by atoms with Crippen molar-refractivity contribution >= 4 is 40.4 Å². The zero-order valence-electron chi connectivity index (χ0n) is 13.2. The Balaban J connectivity index is 1.42. The van der Waals surface area contributed by atoms with Crippen LogP contribution in [0.15, 0.2) is 40.2 Å². The molecule has 0 saturated carbocycles. The van der Waals surface area contributed by atoms with Gasteiger partial charge in [-0.25, -0.2) is 0 Å². The third-order valence-corrected chi connectivity index (χ3v) is 4.95. The first-order valence-corrected chi connectivity index (χ1v) is 9.32. The van der Waals surface area contributed by atoms with Gasteiger partial charge in [-0.05, 0) is 35.6 Å². The molecule has 3 aromatic rings. The molecule has 0 spiro atoms. The second-order valence-electron chi connectivity index (χ2n) is 5.36. The highest BCUT2D eigenvalue weighted by Gasteiger charge is 2.10. The number of carbonyl (C=O) groups excluding carboxylic acids is 1. The van der Waals surface area contributed by atoms with Gasteiger partial charge in [-0.2, -0.15) is 4.98 Å². The second kappa shape index (κ2) is 8.47. The molecule has 0 bridgehead atoms. The lowest BCUT2D eigenvalue weighted by atomic mass is 10.2. The summed E-state index contributed by atoms with van der Waals surface area (Å²) < 4.78 is 5.21. The topological polar surface area (TPSA) is 68.0 Å². The Bertz CT molecular complexity index is 849. The fourth-order valence-corrected chi connectivity index (χ4v) is 3.33. The van der Waals surface area contributed by atoms with E-state index in [4.69, 9.17) is 27.7 Å². The highest BCUT2D eigenvalue weighted by Crippen LogP contribution is 2.22. The summed E-state index contributed by atoms with van der Waals surface area (Å²) >= 11 is 13.5. The van der Waals surface area contributed by atoms with Gasteiger partial charge in [0, 0.05) is 29.4 Å². The molecule has 1 amide bonds. The maximum absolute atomic E-state index is 11.9. The van der Waals surface area contributed by atoms with Gasteiger partial charge in [0.15, 0.2) is 0 Å². The smallest absolute Gasteiger partial charge is 0.226 e. The first-order chi connectivity index (χ1) is 12.1. The van der Waals surface area contributed by atoms with Gasteiger partial charge >= 0.3 is 0 Å². The fourth-order valence-electron chi connectivity index (χ4n) is 2.21. The number of hydrogen-bond donors (Lipinski definition) is 1. The monoisotopic (exact) mass is 395 g/mol. The van der Waals surface area contributed by atoms with Crippen LogP contribution in [0.3, 0.4) is 0 Å². The number of hydrogen-bond acceptors (Lipinski definition) is 5. The van der Waals surface area contributed by atoms with E-state index in [0.717, 1.165) is 10.4 Å². The first kappa shape index (κ1) is 17.9. The molecule has 25 heavy (non-hydrogen) atoms. The van der Waals surface area contributed by atoms with Gasteiger partial charge < -0.3 is 9.84 Å². The van der Waals surface area contributed by atoms with E-state index in [-0.39, 0.29) is 5.91 Å². The molecule has 0 atom stereocenters. The highest BCUT2D eigenvalue weighted by molar-refractivity contribution is 7.13. The molecule has 0 fully saturated rings. The molecule has 0 aliphatic carbocycles. The van der Waals surface area contributed by atoms with Crippen LogP contribution in [0, 0.1) is 0 Å². The van der Waals surface area contributed by atoms with Crippen LogP contribution in [-0.4, -0.2) is 16.0 Å². The van der Waals surface area contributed by atoms with E-state index in [1.54, 1.807) is 29.5 Å². The summed E-state index contributed by atoms with van der Waals surface area (Å²) in [6.45, 7) is 0.373. The van der Waals surface area contributed by atoms with Gasteiger partial charge in [-0.15, -0.1) is 11.3 Å². The van der Waals surface area contributed by atoms with Crippen LogP contribution in [-0.2, 0) is 17.8 Å². The van der Waals surface area contributed by atoms with Crippen LogP contribution in [0.1, 0.15) is 24.3 Å². The van der Waals surface area contributed by atoms with Gasteiger partial charge in [0.1, 0.15) is 0 Å². The zero-order valence-corrected chi connectivity index (χ0v) is 15.5. The molecule has 0 unspecified atom stereocenters. The average molecular weight is 396 g/mol. The number of aromatic nitrogens is 2. The van der Waals surface area contributed by atoms with Crippen LogP contribution >= 0.6 is 34.5 Å². The summed E-state index contributed by atoms with van der Waals surface area (Å²) in [6.07, 6.45) is 1.57. The van der Waals surface area contributed by atoms with E-state index in [2.05, 4.69) is 15.5 Å². The van der Waals surface area contributed by atoms with Crippen LogP contribution in [0.4, 0.5) is 0 Å². The van der Waals surface area contributed by atoms with E-state index in [1.807, 2.05) is 17.5 Å². The molecular formula is C17H15Cl2N3O2S. The molecule has 1 N–H and O–H groups in total. The number of nitrogens with one attached hydrogen (secondary N) is 1. The largest absolute Gasteiger partial charge is 0.352 e. The highest BCUT2D eigenvalue weighted by atomic mass is 35.5. The van der Waals surface area contributed by atoms with E-state index >= 15 is 0 Å². The Kier molecular flexibility index (Phi) is 6.07. The molecule has 8 heteroatoms. The Morgan fingerprint density at radius 1 is 1.28 bits per heavy atom. The van der Waals surface area contributed by atoms with Crippen LogP contribution in [0.25, 0.3) is 10.7 Å². The summed E-state index contributed by atoms with van der Waals surface area (Å²) in [6, 6.07) is 9.08. The Labute approximate surface area is 159 Å². The summed E-state index contributed by atoms with van der Waals surface area (Å²) in [5, 5.41) is 9.86. The number of carbonyl (C=O) groups is 1. The third-order valence-electron chi connectivity index (χ3n) is 3.50. The predicted octanol–water partition coefficient (Wildman–Crippen LogP) is 4.74.